The van der Waals surface area contributed by atoms with Gasteiger partial charge in [-0.2, -0.15) is 0 Å². The van der Waals surface area contributed by atoms with Crippen molar-refractivity contribution in [3.63, 3.8) is 0 Å². The average molecular weight is 241 g/mol. The molecule has 1 N–H and O–H groups in total. The first-order valence-electron chi connectivity index (χ1n) is 5.97. The second kappa shape index (κ2) is 4.66. The van der Waals surface area contributed by atoms with Crippen LogP contribution in [0, 0.1) is 0 Å². The lowest BCUT2D eigenvalue weighted by atomic mass is 10.2. The minimum Gasteiger partial charge on any atom is -0.364 e. The van der Waals surface area contributed by atoms with Crippen molar-refractivity contribution in [2.24, 2.45) is 7.05 Å². The lowest BCUT2D eigenvalue weighted by Gasteiger charge is -2.00. The third-order valence-electron chi connectivity index (χ3n) is 3.09. The summed E-state index contributed by atoms with van der Waals surface area (Å²) < 4.78 is 6.95. The molecule has 0 saturated carbocycles. The molecule has 2 aromatic heterocycles. The van der Waals surface area contributed by atoms with E-state index in [0.29, 0.717) is 0 Å². The van der Waals surface area contributed by atoms with Gasteiger partial charge in [-0.05, 0) is 11.6 Å². The number of fused-ring (bicyclic) bond motifs is 1. The Kier molecular flexibility index (Phi) is 2.86. The zero-order chi connectivity index (χ0) is 12.4. The van der Waals surface area contributed by atoms with E-state index in [1.165, 1.54) is 16.5 Å². The molecule has 0 spiro atoms. The van der Waals surface area contributed by atoms with E-state index in [-0.39, 0.29) is 0 Å². The topological polar surface area (TPSA) is 43.0 Å². The molecule has 92 valence electrons. The highest BCUT2D eigenvalue weighted by Crippen LogP contribution is 2.19. The van der Waals surface area contributed by atoms with Gasteiger partial charge in [0.1, 0.15) is 6.26 Å². The van der Waals surface area contributed by atoms with Crippen molar-refractivity contribution in [3.8, 4) is 0 Å². The van der Waals surface area contributed by atoms with Crippen LogP contribution in [0.4, 0.5) is 0 Å². The van der Waals surface area contributed by atoms with Crippen LogP contribution in [0.2, 0.25) is 0 Å². The average Bonchev–Trinajstić information content (AvgIpc) is 3.00. The van der Waals surface area contributed by atoms with Crippen LogP contribution in [-0.2, 0) is 20.1 Å². The van der Waals surface area contributed by atoms with Gasteiger partial charge >= 0.3 is 0 Å². The summed E-state index contributed by atoms with van der Waals surface area (Å²) in [6.07, 6.45) is 3.76. The Morgan fingerprint density at radius 3 is 2.94 bits per heavy atom. The summed E-state index contributed by atoms with van der Waals surface area (Å²) in [6, 6.07) is 10.3. The van der Waals surface area contributed by atoms with Gasteiger partial charge in [0.15, 0.2) is 0 Å². The van der Waals surface area contributed by atoms with Crippen LogP contribution in [0.1, 0.15) is 11.3 Å². The molecule has 0 aliphatic heterocycles. The number of hydrogen-bond donors (Lipinski definition) is 1. The number of benzene rings is 1. The number of nitrogens with one attached hydrogen (secondary N) is 1. The zero-order valence-corrected chi connectivity index (χ0v) is 10.3. The maximum atomic E-state index is 4.80. The predicted molar refractivity (Wildman–Crippen MR) is 70.0 cm³/mol. The summed E-state index contributed by atoms with van der Waals surface area (Å²) in [5.74, 6) is 0. The molecule has 0 radical (unpaired) electrons. The maximum absolute atomic E-state index is 4.80. The predicted octanol–water partition coefficient (Wildman–Crippen LogP) is 2.46. The SMILES string of the molecule is Cn1cc(CNCc2ccon2)c2ccccc21. The molecule has 2 heterocycles. The molecule has 1 aromatic carbocycles. The van der Waals surface area contributed by atoms with E-state index in [1.807, 2.05) is 6.07 Å². The Morgan fingerprint density at radius 1 is 1.22 bits per heavy atom. The summed E-state index contributed by atoms with van der Waals surface area (Å²) in [6.45, 7) is 1.55. The number of aryl methyl sites for hydroxylation is 1. The van der Waals surface area contributed by atoms with Crippen molar-refractivity contribution in [2.45, 2.75) is 13.1 Å². The number of nitrogens with zero attached hydrogens (tertiary/aromatic N) is 2. The molecule has 4 nitrogen and oxygen atoms in total. The van der Waals surface area contributed by atoms with Crippen molar-refractivity contribution in [2.75, 3.05) is 0 Å². The molecule has 3 rings (SSSR count). The number of para-hydroxylation sites is 1. The summed E-state index contributed by atoms with van der Waals surface area (Å²) in [5, 5.41) is 8.54. The molecule has 3 aromatic rings. The lowest BCUT2D eigenvalue weighted by Crippen LogP contribution is -2.12. The van der Waals surface area contributed by atoms with E-state index in [1.54, 1.807) is 6.26 Å². The first-order chi connectivity index (χ1) is 8.84. The second-order valence-electron chi connectivity index (χ2n) is 4.38. The van der Waals surface area contributed by atoms with Gasteiger partial charge in [0.25, 0.3) is 0 Å². The quantitative estimate of drug-likeness (QED) is 0.763. The molecule has 0 unspecified atom stereocenters. The van der Waals surface area contributed by atoms with Crippen LogP contribution in [0.15, 0.2) is 47.3 Å². The normalized spacial score (nSPS) is 11.2. The smallest absolute Gasteiger partial charge is 0.124 e. The van der Waals surface area contributed by atoms with Crippen LogP contribution in [0.3, 0.4) is 0 Å². The van der Waals surface area contributed by atoms with E-state index in [9.17, 15) is 0 Å². The summed E-state index contributed by atoms with van der Waals surface area (Å²) in [4.78, 5) is 0. The second-order valence-corrected chi connectivity index (χ2v) is 4.38. The molecule has 4 heteroatoms. The molecular weight excluding hydrogens is 226 g/mol. The Morgan fingerprint density at radius 2 is 2.11 bits per heavy atom. The summed E-state index contributed by atoms with van der Waals surface area (Å²) >= 11 is 0. The highest BCUT2D eigenvalue weighted by molar-refractivity contribution is 5.83. The van der Waals surface area contributed by atoms with Gasteiger partial charge in [-0.25, -0.2) is 0 Å². The van der Waals surface area contributed by atoms with Crippen molar-refractivity contribution >= 4 is 10.9 Å². The van der Waals surface area contributed by atoms with Crippen LogP contribution in [-0.4, -0.2) is 9.72 Å². The van der Waals surface area contributed by atoms with Crippen LogP contribution in [0.5, 0.6) is 0 Å². The van der Waals surface area contributed by atoms with Gasteiger partial charge in [0.05, 0.1) is 5.69 Å². The third kappa shape index (κ3) is 2.02. The van der Waals surface area contributed by atoms with Crippen molar-refractivity contribution in [1.82, 2.24) is 15.0 Å². The van der Waals surface area contributed by atoms with Gasteiger partial charge in [-0.3, -0.25) is 0 Å². The molecular formula is C14H15N3O. The number of rotatable bonds is 4. The third-order valence-corrected chi connectivity index (χ3v) is 3.09. The largest absolute Gasteiger partial charge is 0.364 e. The van der Waals surface area contributed by atoms with E-state index >= 15 is 0 Å². The fourth-order valence-corrected chi connectivity index (χ4v) is 2.22. The molecule has 0 fully saturated rings. The van der Waals surface area contributed by atoms with Crippen LogP contribution < -0.4 is 5.32 Å². The first-order valence-corrected chi connectivity index (χ1v) is 5.97. The monoisotopic (exact) mass is 241 g/mol. The molecule has 0 aliphatic rings. The fraction of sp³-hybridized carbons (Fsp3) is 0.214. The molecule has 0 saturated heterocycles. The van der Waals surface area contributed by atoms with Crippen molar-refractivity contribution in [3.05, 3.63) is 54.0 Å². The van der Waals surface area contributed by atoms with Crippen LogP contribution in [0.25, 0.3) is 10.9 Å². The standard InChI is InChI=1S/C14H15N3O/c1-17-10-11(13-4-2-3-5-14(13)17)8-15-9-12-6-7-18-16-12/h2-7,10,15H,8-9H2,1H3. The number of aromatic nitrogens is 2. The van der Waals surface area contributed by atoms with Crippen LogP contribution >= 0.6 is 0 Å². The molecule has 0 amide bonds. The van der Waals surface area contributed by atoms with Gasteiger partial charge in [0.2, 0.25) is 0 Å². The van der Waals surface area contributed by atoms with Gasteiger partial charge in [0, 0.05) is 43.3 Å². The molecule has 0 atom stereocenters. The van der Waals surface area contributed by atoms with E-state index < -0.39 is 0 Å². The van der Waals surface area contributed by atoms with Gasteiger partial charge < -0.3 is 14.4 Å². The summed E-state index contributed by atoms with van der Waals surface area (Å²) in [7, 11) is 2.07. The minimum atomic E-state index is 0.722. The Hall–Kier alpha value is -2.07. The van der Waals surface area contributed by atoms with Gasteiger partial charge in [-0.1, -0.05) is 23.4 Å². The van der Waals surface area contributed by atoms with Crippen molar-refractivity contribution in [1.29, 1.82) is 0 Å². The highest BCUT2D eigenvalue weighted by Gasteiger charge is 2.05. The molecule has 18 heavy (non-hydrogen) atoms. The Labute approximate surface area is 105 Å². The van der Waals surface area contributed by atoms with E-state index in [0.717, 1.165) is 18.8 Å². The van der Waals surface area contributed by atoms with E-state index in [2.05, 4.69) is 52.6 Å². The zero-order valence-electron chi connectivity index (χ0n) is 10.3. The highest BCUT2D eigenvalue weighted by atomic mass is 16.5. The number of hydrogen-bond acceptors (Lipinski definition) is 3. The maximum Gasteiger partial charge on any atom is 0.124 e. The first kappa shape index (κ1) is 11.0. The lowest BCUT2D eigenvalue weighted by molar-refractivity contribution is 0.408. The van der Waals surface area contributed by atoms with E-state index in [4.69, 9.17) is 4.52 Å². The Bertz CT molecular complexity index is 640. The minimum absolute atomic E-state index is 0.722. The Balaban J connectivity index is 1.75. The molecule has 0 aliphatic carbocycles. The van der Waals surface area contributed by atoms with Crippen molar-refractivity contribution < 1.29 is 4.52 Å². The summed E-state index contributed by atoms with van der Waals surface area (Å²) in [5.41, 5.74) is 3.49. The van der Waals surface area contributed by atoms with Gasteiger partial charge in [-0.15, -0.1) is 0 Å². The molecule has 0 bridgehead atoms. The fourth-order valence-electron chi connectivity index (χ4n) is 2.22.